The van der Waals surface area contributed by atoms with Gasteiger partial charge in [0.2, 0.25) is 0 Å². The molecule has 0 bridgehead atoms. The van der Waals surface area contributed by atoms with Gasteiger partial charge in [0.1, 0.15) is 5.00 Å². The molecule has 0 spiro atoms. The van der Waals surface area contributed by atoms with Gasteiger partial charge >= 0.3 is 5.97 Å². The quantitative estimate of drug-likeness (QED) is 0.609. The van der Waals surface area contributed by atoms with Gasteiger partial charge in [-0.1, -0.05) is 20.8 Å². The van der Waals surface area contributed by atoms with E-state index in [-0.39, 0.29) is 5.41 Å². The Kier molecular flexibility index (Phi) is 4.11. The van der Waals surface area contributed by atoms with Gasteiger partial charge in [0, 0.05) is 17.0 Å². The van der Waals surface area contributed by atoms with Gasteiger partial charge in [-0.05, 0) is 36.2 Å². The molecule has 1 atom stereocenters. The van der Waals surface area contributed by atoms with Crippen LogP contribution in [0.3, 0.4) is 0 Å². The van der Waals surface area contributed by atoms with Gasteiger partial charge in [-0.3, -0.25) is 9.59 Å². The van der Waals surface area contributed by atoms with Crippen LogP contribution in [0.4, 0.5) is 5.00 Å². The Labute approximate surface area is 145 Å². The van der Waals surface area contributed by atoms with Crippen molar-refractivity contribution in [3.63, 3.8) is 0 Å². The number of rotatable bonds is 2. The second kappa shape index (κ2) is 5.84. The number of hydrogen-bond acceptors (Lipinski definition) is 5. The molecule has 6 heteroatoms. The fraction of sp³-hybridized carbons (Fsp3) is 0.500. The first-order chi connectivity index (χ1) is 11.2. The molecule has 1 aromatic rings. The zero-order chi connectivity index (χ0) is 17.6. The Hall–Kier alpha value is -1.95. The SMILES string of the molecule is COC(=O)c1c(N2C(=O)C=CC2=O)sc2c1CC[C@@H](C(C)(C)C)C2. The maximum absolute atomic E-state index is 12.3. The van der Waals surface area contributed by atoms with Crippen molar-refractivity contribution in [1.82, 2.24) is 0 Å². The van der Waals surface area contributed by atoms with Gasteiger partial charge in [-0.25, -0.2) is 9.69 Å². The fourth-order valence-electron chi connectivity index (χ4n) is 3.38. The van der Waals surface area contributed by atoms with Crippen molar-refractivity contribution in [2.24, 2.45) is 11.3 Å². The second-order valence-corrected chi connectivity index (χ2v) is 8.41. The Morgan fingerprint density at radius 2 is 1.88 bits per heavy atom. The lowest BCUT2D eigenvalue weighted by atomic mass is 9.72. The molecular formula is C18H21NO4S. The lowest BCUT2D eigenvalue weighted by molar-refractivity contribution is -0.119. The molecule has 0 saturated heterocycles. The molecule has 3 rings (SSSR count). The highest BCUT2D eigenvalue weighted by Crippen LogP contribution is 2.46. The molecule has 0 N–H and O–H groups in total. The van der Waals surface area contributed by atoms with E-state index in [4.69, 9.17) is 4.74 Å². The van der Waals surface area contributed by atoms with E-state index in [0.717, 1.165) is 34.6 Å². The number of esters is 1. The van der Waals surface area contributed by atoms with Crippen LogP contribution in [0.1, 0.15) is 48.0 Å². The Balaban J connectivity index is 2.08. The van der Waals surface area contributed by atoms with Crippen molar-refractivity contribution in [1.29, 1.82) is 0 Å². The first-order valence-electron chi connectivity index (χ1n) is 8.03. The Morgan fingerprint density at radius 3 is 2.42 bits per heavy atom. The van der Waals surface area contributed by atoms with Gasteiger partial charge in [-0.2, -0.15) is 0 Å². The first-order valence-corrected chi connectivity index (χ1v) is 8.84. The number of carbonyl (C=O) groups is 3. The van der Waals surface area contributed by atoms with Crippen LogP contribution >= 0.6 is 11.3 Å². The van der Waals surface area contributed by atoms with E-state index in [2.05, 4.69) is 20.8 Å². The molecule has 128 valence electrons. The summed E-state index contributed by atoms with van der Waals surface area (Å²) in [6.45, 7) is 6.65. The Bertz CT molecular complexity index is 736. The lowest BCUT2D eigenvalue weighted by Crippen LogP contribution is -2.30. The van der Waals surface area contributed by atoms with Gasteiger partial charge < -0.3 is 4.74 Å². The van der Waals surface area contributed by atoms with E-state index < -0.39 is 17.8 Å². The molecule has 1 aromatic heterocycles. The highest BCUT2D eigenvalue weighted by Gasteiger charge is 2.38. The summed E-state index contributed by atoms with van der Waals surface area (Å²) in [7, 11) is 1.32. The number of ether oxygens (including phenoxy) is 1. The lowest BCUT2D eigenvalue weighted by Gasteiger charge is -2.33. The monoisotopic (exact) mass is 347 g/mol. The molecule has 1 aliphatic carbocycles. The summed E-state index contributed by atoms with van der Waals surface area (Å²) in [4.78, 5) is 38.6. The van der Waals surface area contributed by atoms with Crippen LogP contribution in [0, 0.1) is 11.3 Å². The molecular weight excluding hydrogens is 326 g/mol. The number of amides is 2. The van der Waals surface area contributed by atoms with Crippen LogP contribution in [-0.4, -0.2) is 24.9 Å². The van der Waals surface area contributed by atoms with Crippen LogP contribution in [0.15, 0.2) is 12.2 Å². The van der Waals surface area contributed by atoms with Crippen LogP contribution in [0.5, 0.6) is 0 Å². The minimum Gasteiger partial charge on any atom is -0.465 e. The highest BCUT2D eigenvalue weighted by atomic mass is 32.1. The normalized spacial score (nSPS) is 20.5. The third-order valence-electron chi connectivity index (χ3n) is 4.87. The number of nitrogens with zero attached hydrogens (tertiary/aromatic N) is 1. The molecule has 0 radical (unpaired) electrons. The topological polar surface area (TPSA) is 63.7 Å². The molecule has 0 unspecified atom stereocenters. The molecule has 1 aliphatic heterocycles. The van der Waals surface area contributed by atoms with Crippen molar-refractivity contribution in [3.8, 4) is 0 Å². The van der Waals surface area contributed by atoms with Crippen LogP contribution in [0.25, 0.3) is 0 Å². The zero-order valence-corrected chi connectivity index (χ0v) is 15.2. The molecule has 24 heavy (non-hydrogen) atoms. The smallest absolute Gasteiger partial charge is 0.341 e. The minimum atomic E-state index is -0.482. The van der Waals surface area contributed by atoms with E-state index in [0.29, 0.717) is 16.5 Å². The number of imide groups is 1. The maximum atomic E-state index is 12.3. The molecule has 0 fully saturated rings. The van der Waals surface area contributed by atoms with Crippen molar-refractivity contribution >= 4 is 34.1 Å². The molecule has 0 saturated carbocycles. The fourth-order valence-corrected chi connectivity index (χ4v) is 4.81. The standard InChI is InChI=1S/C18H21NO4S/c1-18(2,3)10-5-6-11-12(9-10)24-16(15(11)17(22)23-4)19-13(20)7-8-14(19)21/h7-8,10H,5-6,9H2,1-4H3/t10-/m1/s1. The average Bonchev–Trinajstić information content (AvgIpc) is 3.04. The van der Waals surface area contributed by atoms with E-state index in [9.17, 15) is 14.4 Å². The van der Waals surface area contributed by atoms with Gasteiger partial charge in [-0.15, -0.1) is 11.3 Å². The molecule has 2 aliphatic rings. The van der Waals surface area contributed by atoms with Crippen LogP contribution in [0.2, 0.25) is 0 Å². The average molecular weight is 347 g/mol. The van der Waals surface area contributed by atoms with E-state index in [1.807, 2.05) is 0 Å². The van der Waals surface area contributed by atoms with Gasteiger partial charge in [0.05, 0.1) is 12.7 Å². The van der Waals surface area contributed by atoms with Crippen LogP contribution < -0.4 is 4.90 Å². The number of fused-ring (bicyclic) bond motifs is 1. The van der Waals surface area contributed by atoms with E-state index >= 15 is 0 Å². The number of carbonyl (C=O) groups excluding carboxylic acids is 3. The molecule has 5 nitrogen and oxygen atoms in total. The predicted molar refractivity (Wildman–Crippen MR) is 92.3 cm³/mol. The summed E-state index contributed by atoms with van der Waals surface area (Å²) >= 11 is 1.37. The third kappa shape index (κ3) is 2.69. The van der Waals surface area contributed by atoms with E-state index in [1.54, 1.807) is 0 Å². The van der Waals surface area contributed by atoms with Gasteiger partial charge in [0.15, 0.2) is 0 Å². The number of hydrogen-bond donors (Lipinski definition) is 0. The summed E-state index contributed by atoms with van der Waals surface area (Å²) in [6, 6.07) is 0. The molecule has 0 aromatic carbocycles. The highest BCUT2D eigenvalue weighted by molar-refractivity contribution is 7.17. The summed E-state index contributed by atoms with van der Waals surface area (Å²) in [5, 5.41) is 0.404. The largest absolute Gasteiger partial charge is 0.465 e. The minimum absolute atomic E-state index is 0.175. The predicted octanol–water partition coefficient (Wildman–Crippen LogP) is 3.12. The van der Waals surface area contributed by atoms with Crippen molar-refractivity contribution in [3.05, 3.63) is 28.2 Å². The number of anilines is 1. The van der Waals surface area contributed by atoms with E-state index in [1.165, 1.54) is 30.6 Å². The van der Waals surface area contributed by atoms with Crippen LogP contribution in [-0.2, 0) is 27.2 Å². The summed E-state index contributed by atoms with van der Waals surface area (Å²) in [6.07, 6.45) is 5.08. The first kappa shape index (κ1) is 16.9. The summed E-state index contributed by atoms with van der Waals surface area (Å²) in [5.41, 5.74) is 1.50. The number of thiophene rings is 1. The second-order valence-electron chi connectivity index (χ2n) is 7.33. The van der Waals surface area contributed by atoms with Gasteiger partial charge in [0.25, 0.3) is 11.8 Å². The molecule has 2 amide bonds. The van der Waals surface area contributed by atoms with Crippen molar-refractivity contribution < 1.29 is 19.1 Å². The Morgan fingerprint density at radius 1 is 1.25 bits per heavy atom. The van der Waals surface area contributed by atoms with Crippen molar-refractivity contribution in [2.45, 2.75) is 40.0 Å². The van der Waals surface area contributed by atoms with Crippen molar-refractivity contribution in [2.75, 3.05) is 12.0 Å². The number of methoxy groups -OCH3 is 1. The maximum Gasteiger partial charge on any atom is 0.341 e. The summed E-state index contributed by atoms with van der Waals surface area (Å²) in [5.74, 6) is -0.790. The zero-order valence-electron chi connectivity index (χ0n) is 14.3. The third-order valence-corrected chi connectivity index (χ3v) is 6.11. The summed E-state index contributed by atoms with van der Waals surface area (Å²) < 4.78 is 4.92. The molecule has 2 heterocycles.